The molecule has 1 amide bonds. The van der Waals surface area contributed by atoms with Crippen molar-refractivity contribution in [2.45, 2.75) is 65.2 Å². The molecule has 1 aliphatic carbocycles. The fraction of sp³-hybridized carbons (Fsp3) is 0.882. The number of aliphatic carboxylic acids is 1. The molecule has 1 aliphatic heterocycles. The quantitative estimate of drug-likeness (QED) is 0.865. The number of amides is 1. The summed E-state index contributed by atoms with van der Waals surface area (Å²) in [6, 6.07) is 0. The molecule has 2 unspecified atom stereocenters. The highest BCUT2D eigenvalue weighted by atomic mass is 16.4. The van der Waals surface area contributed by atoms with Crippen LogP contribution in [0.1, 0.15) is 65.2 Å². The van der Waals surface area contributed by atoms with Crippen molar-refractivity contribution in [2.24, 2.45) is 17.3 Å². The van der Waals surface area contributed by atoms with Crippen molar-refractivity contribution in [2.75, 3.05) is 13.1 Å². The van der Waals surface area contributed by atoms with Gasteiger partial charge >= 0.3 is 5.97 Å². The van der Waals surface area contributed by atoms with Crippen LogP contribution in [0.3, 0.4) is 0 Å². The molecule has 1 heterocycles. The molecule has 0 radical (unpaired) electrons. The van der Waals surface area contributed by atoms with E-state index in [1.165, 1.54) is 12.8 Å². The van der Waals surface area contributed by atoms with Crippen LogP contribution in [0.5, 0.6) is 0 Å². The SMILES string of the molecule is CCC1(CC)CCN(C(=O)C2CCCC(C(=O)O)C2)CC1. The molecule has 120 valence electrons. The normalized spacial score (nSPS) is 29.1. The Balaban J connectivity index is 1.91. The number of rotatable bonds is 4. The lowest BCUT2D eigenvalue weighted by molar-refractivity contribution is -0.146. The van der Waals surface area contributed by atoms with Gasteiger partial charge in [-0.15, -0.1) is 0 Å². The minimum atomic E-state index is -0.734. The molecule has 0 aromatic rings. The fourth-order valence-electron chi connectivity index (χ4n) is 4.06. The van der Waals surface area contributed by atoms with Gasteiger partial charge in [-0.05, 0) is 37.5 Å². The van der Waals surface area contributed by atoms with Crippen LogP contribution < -0.4 is 0 Å². The van der Waals surface area contributed by atoms with Crippen molar-refractivity contribution in [3.8, 4) is 0 Å². The van der Waals surface area contributed by atoms with Crippen molar-refractivity contribution in [3.05, 3.63) is 0 Å². The van der Waals surface area contributed by atoms with Crippen LogP contribution >= 0.6 is 0 Å². The Labute approximate surface area is 127 Å². The van der Waals surface area contributed by atoms with Crippen LogP contribution in [0.15, 0.2) is 0 Å². The standard InChI is InChI=1S/C17H29NO3/c1-3-17(4-2)8-10-18(11-9-17)15(19)13-6-5-7-14(12-13)16(20)21/h13-14H,3-12H2,1-2H3,(H,20,21). The molecule has 2 aliphatic rings. The topological polar surface area (TPSA) is 57.6 Å². The largest absolute Gasteiger partial charge is 0.481 e. The Kier molecular flexibility index (Phi) is 5.28. The van der Waals surface area contributed by atoms with Crippen molar-refractivity contribution in [1.29, 1.82) is 0 Å². The number of piperidine rings is 1. The molecular weight excluding hydrogens is 266 g/mol. The highest BCUT2D eigenvalue weighted by Crippen LogP contribution is 2.39. The van der Waals surface area contributed by atoms with Crippen molar-refractivity contribution in [1.82, 2.24) is 4.90 Å². The summed E-state index contributed by atoms with van der Waals surface area (Å²) in [7, 11) is 0. The Morgan fingerprint density at radius 3 is 2.19 bits per heavy atom. The summed E-state index contributed by atoms with van der Waals surface area (Å²) in [5.74, 6) is -0.901. The van der Waals surface area contributed by atoms with Gasteiger partial charge in [0.25, 0.3) is 0 Å². The third kappa shape index (κ3) is 3.58. The summed E-state index contributed by atoms with van der Waals surface area (Å²) < 4.78 is 0. The van der Waals surface area contributed by atoms with E-state index in [1.54, 1.807) is 0 Å². The van der Waals surface area contributed by atoms with E-state index in [9.17, 15) is 9.59 Å². The van der Waals surface area contributed by atoms with E-state index >= 15 is 0 Å². The zero-order valence-corrected chi connectivity index (χ0v) is 13.4. The smallest absolute Gasteiger partial charge is 0.306 e. The minimum absolute atomic E-state index is 0.0596. The number of carbonyl (C=O) groups excluding carboxylic acids is 1. The van der Waals surface area contributed by atoms with E-state index in [0.29, 0.717) is 11.8 Å². The van der Waals surface area contributed by atoms with Gasteiger partial charge in [0.05, 0.1) is 5.92 Å². The molecule has 0 aromatic carbocycles. The zero-order valence-electron chi connectivity index (χ0n) is 13.4. The van der Waals surface area contributed by atoms with Gasteiger partial charge in [-0.2, -0.15) is 0 Å². The molecule has 21 heavy (non-hydrogen) atoms. The molecule has 0 aromatic heterocycles. The van der Waals surface area contributed by atoms with Gasteiger partial charge in [0.2, 0.25) is 5.91 Å². The lowest BCUT2D eigenvalue weighted by Gasteiger charge is -2.42. The van der Waals surface area contributed by atoms with E-state index in [1.807, 2.05) is 4.90 Å². The summed E-state index contributed by atoms with van der Waals surface area (Å²) in [5.41, 5.74) is 0.424. The highest BCUT2D eigenvalue weighted by molar-refractivity contribution is 5.80. The molecule has 2 rings (SSSR count). The van der Waals surface area contributed by atoms with Crippen LogP contribution in [-0.4, -0.2) is 35.0 Å². The first-order chi connectivity index (χ1) is 10.0. The van der Waals surface area contributed by atoms with Crippen LogP contribution in [0.2, 0.25) is 0 Å². The van der Waals surface area contributed by atoms with Crippen molar-refractivity contribution < 1.29 is 14.7 Å². The van der Waals surface area contributed by atoms with E-state index in [0.717, 1.165) is 45.2 Å². The van der Waals surface area contributed by atoms with Gasteiger partial charge in [0.15, 0.2) is 0 Å². The third-order valence-electron chi connectivity index (χ3n) is 6.01. The van der Waals surface area contributed by atoms with Gasteiger partial charge < -0.3 is 10.0 Å². The van der Waals surface area contributed by atoms with E-state index in [-0.39, 0.29) is 17.7 Å². The van der Waals surface area contributed by atoms with Gasteiger partial charge in [0.1, 0.15) is 0 Å². The lowest BCUT2D eigenvalue weighted by Crippen LogP contribution is -2.46. The predicted octanol–water partition coefficient (Wildman–Crippen LogP) is 3.31. The van der Waals surface area contributed by atoms with Gasteiger partial charge in [-0.1, -0.05) is 33.1 Å². The summed E-state index contributed by atoms with van der Waals surface area (Å²) in [5, 5.41) is 9.16. The second-order valence-corrected chi connectivity index (χ2v) is 6.93. The van der Waals surface area contributed by atoms with Crippen LogP contribution in [0.25, 0.3) is 0 Å². The highest BCUT2D eigenvalue weighted by Gasteiger charge is 2.37. The molecule has 4 heteroatoms. The molecule has 0 bridgehead atoms. The minimum Gasteiger partial charge on any atom is -0.481 e. The van der Waals surface area contributed by atoms with Crippen molar-refractivity contribution >= 4 is 11.9 Å². The van der Waals surface area contributed by atoms with Crippen LogP contribution in [-0.2, 0) is 9.59 Å². The monoisotopic (exact) mass is 295 g/mol. The van der Waals surface area contributed by atoms with Crippen molar-refractivity contribution in [3.63, 3.8) is 0 Å². The maximum absolute atomic E-state index is 12.6. The molecule has 1 saturated heterocycles. The molecular formula is C17H29NO3. The van der Waals surface area contributed by atoms with Gasteiger partial charge in [-0.25, -0.2) is 0 Å². The molecule has 0 spiro atoms. The number of carboxylic acids is 1. The van der Waals surface area contributed by atoms with Crippen LogP contribution in [0.4, 0.5) is 0 Å². The van der Waals surface area contributed by atoms with Gasteiger partial charge in [0, 0.05) is 19.0 Å². The van der Waals surface area contributed by atoms with E-state index in [4.69, 9.17) is 5.11 Å². The summed E-state index contributed by atoms with van der Waals surface area (Å²) in [4.78, 5) is 25.8. The molecule has 1 saturated carbocycles. The first-order valence-electron chi connectivity index (χ1n) is 8.53. The zero-order chi connectivity index (χ0) is 15.5. The Hall–Kier alpha value is -1.06. The average Bonchev–Trinajstić information content (AvgIpc) is 2.54. The summed E-state index contributed by atoms with van der Waals surface area (Å²) in [6.45, 7) is 6.21. The predicted molar refractivity (Wildman–Crippen MR) is 81.9 cm³/mol. The Bertz CT molecular complexity index is 379. The second-order valence-electron chi connectivity index (χ2n) is 6.93. The molecule has 4 nitrogen and oxygen atoms in total. The number of nitrogens with zero attached hydrogens (tertiary/aromatic N) is 1. The van der Waals surface area contributed by atoms with Gasteiger partial charge in [-0.3, -0.25) is 9.59 Å². The molecule has 1 N–H and O–H groups in total. The number of carbonyl (C=O) groups is 2. The number of hydrogen-bond acceptors (Lipinski definition) is 2. The lowest BCUT2D eigenvalue weighted by atomic mass is 9.73. The summed E-state index contributed by atoms with van der Waals surface area (Å²) in [6.07, 6.45) is 7.58. The Morgan fingerprint density at radius 1 is 1.10 bits per heavy atom. The summed E-state index contributed by atoms with van der Waals surface area (Å²) >= 11 is 0. The molecule has 2 atom stereocenters. The average molecular weight is 295 g/mol. The van der Waals surface area contributed by atoms with E-state index < -0.39 is 5.97 Å². The fourth-order valence-corrected chi connectivity index (χ4v) is 4.06. The second kappa shape index (κ2) is 6.80. The van der Waals surface area contributed by atoms with E-state index in [2.05, 4.69) is 13.8 Å². The Morgan fingerprint density at radius 2 is 1.67 bits per heavy atom. The number of likely N-dealkylation sites (tertiary alicyclic amines) is 1. The number of carboxylic acid groups (broad SMARTS) is 1. The number of hydrogen-bond donors (Lipinski definition) is 1. The third-order valence-corrected chi connectivity index (χ3v) is 6.01. The molecule has 2 fully saturated rings. The maximum atomic E-state index is 12.6. The van der Waals surface area contributed by atoms with Crippen LogP contribution in [0, 0.1) is 17.3 Å². The maximum Gasteiger partial charge on any atom is 0.306 e. The first-order valence-corrected chi connectivity index (χ1v) is 8.53. The first kappa shape index (κ1) is 16.3.